The Morgan fingerprint density at radius 2 is 2.12 bits per heavy atom. The van der Waals surface area contributed by atoms with Crippen molar-refractivity contribution in [3.8, 4) is 5.75 Å². The van der Waals surface area contributed by atoms with Gasteiger partial charge in [0.05, 0.1) is 0 Å². The largest absolute Gasteiger partial charge is 0.484 e. The van der Waals surface area contributed by atoms with Gasteiger partial charge in [-0.2, -0.15) is 0 Å². The van der Waals surface area contributed by atoms with Crippen LogP contribution >= 0.6 is 0 Å². The minimum atomic E-state index is -0.453. The molecule has 1 atom stereocenters. The van der Waals surface area contributed by atoms with E-state index < -0.39 is 6.04 Å². The molecule has 8 heteroatoms. The minimum Gasteiger partial charge on any atom is -0.484 e. The van der Waals surface area contributed by atoms with Crippen molar-refractivity contribution in [3.63, 3.8) is 0 Å². The summed E-state index contributed by atoms with van der Waals surface area (Å²) >= 11 is 0. The quantitative estimate of drug-likeness (QED) is 0.674. The first-order valence-corrected chi connectivity index (χ1v) is 7.96. The number of hydrogen-bond donors (Lipinski definition) is 3. The van der Waals surface area contributed by atoms with Gasteiger partial charge in [0.2, 0.25) is 5.91 Å². The number of aryl methyl sites for hydroxylation is 1. The Balaban J connectivity index is 1.98. The van der Waals surface area contributed by atoms with E-state index in [-0.39, 0.29) is 18.4 Å². The normalized spacial score (nSPS) is 11.5. The molecule has 1 aromatic carbocycles. The van der Waals surface area contributed by atoms with Crippen molar-refractivity contribution < 1.29 is 18.8 Å². The lowest BCUT2D eigenvalue weighted by Crippen LogP contribution is -2.34. The van der Waals surface area contributed by atoms with Crippen LogP contribution in [0.5, 0.6) is 5.75 Å². The number of likely N-dealkylation sites (N-methyl/N-ethyl adjacent to an activating group) is 1. The second-order valence-corrected chi connectivity index (χ2v) is 5.41. The SMILES string of the molecule is CCC(Nc1cccc(OCC(=O)NC)c1)C(=O)Nc1cc(C)on1. The molecule has 0 aliphatic heterocycles. The Kier molecular flexibility index (Phi) is 6.39. The standard InChI is InChI=1S/C17H22N4O4/c1-4-14(17(23)20-15-8-11(2)25-21-15)19-12-6-5-7-13(9-12)24-10-16(22)18-3/h5-9,14,19H,4,10H2,1-3H3,(H,18,22)(H,20,21,23). The highest BCUT2D eigenvalue weighted by molar-refractivity contribution is 5.95. The van der Waals surface area contributed by atoms with Crippen molar-refractivity contribution in [2.45, 2.75) is 26.3 Å². The number of aromatic nitrogens is 1. The predicted octanol–water partition coefficient (Wildman–Crippen LogP) is 1.94. The maximum Gasteiger partial charge on any atom is 0.257 e. The zero-order valence-corrected chi connectivity index (χ0v) is 14.5. The highest BCUT2D eigenvalue weighted by atomic mass is 16.5. The first kappa shape index (κ1) is 18.3. The summed E-state index contributed by atoms with van der Waals surface area (Å²) in [5.41, 5.74) is 0.715. The molecule has 0 radical (unpaired) electrons. The molecule has 134 valence electrons. The van der Waals surface area contributed by atoms with Crippen LogP contribution in [0.2, 0.25) is 0 Å². The molecule has 2 aromatic rings. The molecule has 1 aromatic heterocycles. The Morgan fingerprint density at radius 1 is 1.32 bits per heavy atom. The molecule has 0 aliphatic rings. The molecule has 1 heterocycles. The fourth-order valence-electron chi connectivity index (χ4n) is 2.09. The number of anilines is 2. The molecule has 0 saturated carbocycles. The Labute approximate surface area is 145 Å². The van der Waals surface area contributed by atoms with E-state index in [0.717, 1.165) is 0 Å². The average Bonchev–Trinajstić information content (AvgIpc) is 3.02. The van der Waals surface area contributed by atoms with E-state index >= 15 is 0 Å². The van der Waals surface area contributed by atoms with Gasteiger partial charge in [0.15, 0.2) is 12.4 Å². The molecular weight excluding hydrogens is 324 g/mol. The molecule has 0 saturated heterocycles. The lowest BCUT2D eigenvalue weighted by Gasteiger charge is -2.17. The first-order valence-electron chi connectivity index (χ1n) is 7.96. The van der Waals surface area contributed by atoms with Crippen LogP contribution in [-0.2, 0) is 9.59 Å². The molecule has 0 fully saturated rings. The second kappa shape index (κ2) is 8.72. The maximum atomic E-state index is 12.4. The third kappa shape index (κ3) is 5.52. The highest BCUT2D eigenvalue weighted by Gasteiger charge is 2.18. The fourth-order valence-corrected chi connectivity index (χ4v) is 2.09. The van der Waals surface area contributed by atoms with E-state index in [1.54, 1.807) is 38.2 Å². The van der Waals surface area contributed by atoms with Crippen LogP contribution in [0.1, 0.15) is 19.1 Å². The molecule has 2 rings (SSSR count). The summed E-state index contributed by atoms with van der Waals surface area (Å²) in [6.07, 6.45) is 0.575. The average molecular weight is 346 g/mol. The number of nitrogens with one attached hydrogen (secondary N) is 3. The van der Waals surface area contributed by atoms with E-state index in [0.29, 0.717) is 29.4 Å². The molecule has 25 heavy (non-hydrogen) atoms. The molecular formula is C17H22N4O4. The Morgan fingerprint density at radius 3 is 2.76 bits per heavy atom. The monoisotopic (exact) mass is 346 g/mol. The van der Waals surface area contributed by atoms with Gasteiger partial charge in [-0.05, 0) is 25.5 Å². The van der Waals surface area contributed by atoms with Crippen molar-refractivity contribution >= 4 is 23.3 Å². The molecule has 3 N–H and O–H groups in total. The van der Waals surface area contributed by atoms with Crippen molar-refractivity contribution in [2.75, 3.05) is 24.3 Å². The Bertz CT molecular complexity index is 729. The zero-order valence-electron chi connectivity index (χ0n) is 14.5. The van der Waals surface area contributed by atoms with Crippen molar-refractivity contribution in [2.24, 2.45) is 0 Å². The number of amides is 2. The van der Waals surface area contributed by atoms with E-state index in [9.17, 15) is 9.59 Å². The summed E-state index contributed by atoms with van der Waals surface area (Å²) < 4.78 is 10.3. The minimum absolute atomic E-state index is 0.0663. The van der Waals surface area contributed by atoms with E-state index in [1.165, 1.54) is 0 Å². The van der Waals surface area contributed by atoms with Gasteiger partial charge in [0, 0.05) is 24.9 Å². The van der Waals surface area contributed by atoms with E-state index in [1.807, 2.05) is 13.0 Å². The number of hydrogen-bond acceptors (Lipinski definition) is 6. The fraction of sp³-hybridized carbons (Fsp3) is 0.353. The van der Waals surface area contributed by atoms with Gasteiger partial charge in [-0.15, -0.1) is 0 Å². The summed E-state index contributed by atoms with van der Waals surface area (Å²) in [4.78, 5) is 23.6. The molecule has 2 amide bonds. The lowest BCUT2D eigenvalue weighted by molar-refractivity contribution is -0.122. The summed E-state index contributed by atoms with van der Waals surface area (Å²) in [5.74, 6) is 1.11. The van der Waals surface area contributed by atoms with Crippen LogP contribution in [0.25, 0.3) is 0 Å². The van der Waals surface area contributed by atoms with Gasteiger partial charge in [-0.3, -0.25) is 9.59 Å². The molecule has 8 nitrogen and oxygen atoms in total. The predicted molar refractivity (Wildman–Crippen MR) is 93.6 cm³/mol. The van der Waals surface area contributed by atoms with Crippen LogP contribution in [-0.4, -0.2) is 36.7 Å². The van der Waals surface area contributed by atoms with Crippen LogP contribution < -0.4 is 20.7 Å². The Hall–Kier alpha value is -3.03. The second-order valence-electron chi connectivity index (χ2n) is 5.41. The van der Waals surface area contributed by atoms with Gasteiger partial charge in [-0.1, -0.05) is 18.1 Å². The van der Waals surface area contributed by atoms with E-state index in [2.05, 4.69) is 21.1 Å². The topological polar surface area (TPSA) is 105 Å². The number of carbonyl (C=O) groups is 2. The molecule has 0 aliphatic carbocycles. The van der Waals surface area contributed by atoms with Crippen molar-refractivity contribution in [3.05, 3.63) is 36.1 Å². The van der Waals surface area contributed by atoms with E-state index in [4.69, 9.17) is 9.26 Å². The number of benzene rings is 1. The zero-order chi connectivity index (χ0) is 18.2. The van der Waals surface area contributed by atoms with Gasteiger partial charge in [0.1, 0.15) is 17.6 Å². The lowest BCUT2D eigenvalue weighted by atomic mass is 10.2. The number of carbonyl (C=O) groups excluding carboxylic acids is 2. The maximum absolute atomic E-state index is 12.4. The summed E-state index contributed by atoms with van der Waals surface area (Å²) in [6.45, 7) is 3.59. The smallest absolute Gasteiger partial charge is 0.257 e. The van der Waals surface area contributed by atoms with Gasteiger partial charge < -0.3 is 25.2 Å². The first-order chi connectivity index (χ1) is 12.0. The molecule has 0 spiro atoms. The number of nitrogens with zero attached hydrogens (tertiary/aromatic N) is 1. The molecule has 1 unspecified atom stereocenters. The third-order valence-electron chi connectivity index (χ3n) is 3.43. The third-order valence-corrected chi connectivity index (χ3v) is 3.43. The van der Waals surface area contributed by atoms with Crippen LogP contribution in [0, 0.1) is 6.92 Å². The van der Waals surface area contributed by atoms with Crippen molar-refractivity contribution in [1.82, 2.24) is 10.5 Å². The highest BCUT2D eigenvalue weighted by Crippen LogP contribution is 2.19. The van der Waals surface area contributed by atoms with Gasteiger partial charge in [-0.25, -0.2) is 0 Å². The van der Waals surface area contributed by atoms with Crippen LogP contribution in [0.15, 0.2) is 34.9 Å². The van der Waals surface area contributed by atoms with Gasteiger partial charge in [0.25, 0.3) is 5.91 Å². The van der Waals surface area contributed by atoms with Crippen molar-refractivity contribution in [1.29, 1.82) is 0 Å². The summed E-state index contributed by atoms with van der Waals surface area (Å²) in [6, 6.07) is 8.28. The van der Waals surface area contributed by atoms with Gasteiger partial charge >= 0.3 is 0 Å². The summed E-state index contributed by atoms with van der Waals surface area (Å²) in [7, 11) is 1.55. The van der Waals surface area contributed by atoms with Crippen LogP contribution in [0.3, 0.4) is 0 Å². The summed E-state index contributed by atoms with van der Waals surface area (Å²) in [5, 5.41) is 12.1. The number of ether oxygens (including phenoxy) is 1. The van der Waals surface area contributed by atoms with Crippen LogP contribution in [0.4, 0.5) is 11.5 Å². The number of rotatable bonds is 8. The molecule has 0 bridgehead atoms.